The molecule has 0 radical (unpaired) electrons. The number of hydrogen-bond donors (Lipinski definition) is 0. The van der Waals surface area contributed by atoms with Gasteiger partial charge in [-0.3, -0.25) is 0 Å². The zero-order chi connectivity index (χ0) is 27.2. The minimum atomic E-state index is -0.729. The van der Waals surface area contributed by atoms with Gasteiger partial charge < -0.3 is 0 Å². The molecular weight excluding hydrogens is 498 g/mol. The highest BCUT2D eigenvalue weighted by Crippen LogP contribution is 2.55. The lowest BCUT2D eigenvalue weighted by Crippen LogP contribution is -2.31. The highest BCUT2D eigenvalue weighted by Gasteiger charge is 2.48. The Morgan fingerprint density at radius 3 is 1.46 bits per heavy atom. The van der Waals surface area contributed by atoms with Crippen LogP contribution in [0.15, 0.2) is 152 Å². The molecule has 0 aliphatic heterocycles. The van der Waals surface area contributed by atoms with E-state index in [9.17, 15) is 0 Å². The highest BCUT2D eigenvalue weighted by molar-refractivity contribution is 5.89. The van der Waals surface area contributed by atoms with Crippen molar-refractivity contribution in [3.8, 4) is 33.9 Å². The molecule has 0 saturated heterocycles. The monoisotopic (exact) mass is 523 g/mol. The van der Waals surface area contributed by atoms with E-state index in [0.717, 1.165) is 22.5 Å². The first-order valence-electron chi connectivity index (χ1n) is 13.9. The van der Waals surface area contributed by atoms with Crippen LogP contribution in [0, 0.1) is 0 Å². The Morgan fingerprint density at radius 2 is 0.878 bits per heavy atom. The molecule has 8 rings (SSSR count). The van der Waals surface area contributed by atoms with Crippen molar-refractivity contribution < 1.29 is 0 Å². The molecule has 0 spiro atoms. The maximum absolute atomic E-state index is 5.32. The van der Waals surface area contributed by atoms with Crippen molar-refractivity contribution in [1.82, 2.24) is 15.0 Å². The molecule has 0 fully saturated rings. The summed E-state index contributed by atoms with van der Waals surface area (Å²) >= 11 is 0. The van der Waals surface area contributed by atoms with E-state index in [0.29, 0.717) is 11.6 Å². The average Bonchev–Trinajstić information content (AvgIpc) is 3.36. The van der Waals surface area contributed by atoms with E-state index in [2.05, 4.69) is 115 Å². The van der Waals surface area contributed by atoms with Crippen LogP contribution in [0.25, 0.3) is 44.7 Å². The lowest BCUT2D eigenvalue weighted by Gasteiger charge is -2.32. The summed E-state index contributed by atoms with van der Waals surface area (Å²) in [7, 11) is 0. The van der Waals surface area contributed by atoms with E-state index in [4.69, 9.17) is 15.0 Å². The fourth-order valence-corrected chi connectivity index (χ4v) is 6.31. The van der Waals surface area contributed by atoms with Crippen LogP contribution >= 0.6 is 0 Å². The number of rotatable bonds is 4. The fraction of sp³-hybridized carbons (Fsp3) is 0.0263. The Morgan fingerprint density at radius 1 is 0.390 bits per heavy atom. The molecule has 0 saturated carbocycles. The van der Waals surface area contributed by atoms with Gasteiger partial charge in [0.25, 0.3) is 0 Å². The van der Waals surface area contributed by atoms with Gasteiger partial charge in [-0.2, -0.15) is 0 Å². The van der Waals surface area contributed by atoms with Gasteiger partial charge in [0.15, 0.2) is 17.5 Å². The van der Waals surface area contributed by atoms with Gasteiger partial charge in [-0.1, -0.05) is 146 Å². The summed E-state index contributed by atoms with van der Waals surface area (Å²) < 4.78 is 0. The number of aromatic nitrogens is 3. The minimum absolute atomic E-state index is 0.663. The number of fused-ring (bicyclic) bond motifs is 4. The number of hydrogen-bond acceptors (Lipinski definition) is 3. The van der Waals surface area contributed by atoms with Crippen molar-refractivity contribution in [1.29, 1.82) is 0 Å². The van der Waals surface area contributed by atoms with Gasteiger partial charge >= 0.3 is 0 Å². The first-order valence-corrected chi connectivity index (χ1v) is 13.9. The molecule has 0 amide bonds. The molecule has 6 aromatic carbocycles. The van der Waals surface area contributed by atoms with Crippen LogP contribution in [0.1, 0.15) is 22.5 Å². The minimum Gasteiger partial charge on any atom is -0.211 e. The molecule has 1 aliphatic carbocycles. The van der Waals surface area contributed by atoms with Crippen LogP contribution in [-0.2, 0) is 5.41 Å². The largest absolute Gasteiger partial charge is 0.211 e. The van der Waals surface area contributed by atoms with E-state index in [1.54, 1.807) is 0 Å². The Balaban J connectivity index is 1.52. The van der Waals surface area contributed by atoms with Gasteiger partial charge in [0.05, 0.1) is 0 Å². The van der Waals surface area contributed by atoms with E-state index in [-0.39, 0.29) is 0 Å². The second-order valence-corrected chi connectivity index (χ2v) is 10.4. The molecular formula is C38H25N3. The van der Waals surface area contributed by atoms with Crippen molar-refractivity contribution in [3.63, 3.8) is 0 Å². The van der Waals surface area contributed by atoms with E-state index in [1.807, 2.05) is 36.4 Å². The molecule has 1 aromatic heterocycles. The highest BCUT2D eigenvalue weighted by atomic mass is 15.0. The summed E-state index contributed by atoms with van der Waals surface area (Å²) in [6, 6.07) is 53.1. The average molecular weight is 524 g/mol. The van der Waals surface area contributed by atoms with E-state index < -0.39 is 5.41 Å². The number of nitrogens with zero attached hydrogens (tertiary/aromatic N) is 3. The van der Waals surface area contributed by atoms with Gasteiger partial charge in [0, 0.05) is 11.1 Å². The third-order valence-electron chi connectivity index (χ3n) is 8.17. The summed E-state index contributed by atoms with van der Waals surface area (Å²) in [4.78, 5) is 15.6. The molecule has 0 bridgehead atoms. The SMILES string of the molecule is c1ccc(-c2nc(-c3ccccc3)nc(C3(c4ccc5ccccc5c4)c4ccccc4-c4ccccc43)n2)cc1. The summed E-state index contributed by atoms with van der Waals surface area (Å²) in [5.74, 6) is 2.05. The summed E-state index contributed by atoms with van der Waals surface area (Å²) in [5.41, 5.74) is 7.11. The Kier molecular flexibility index (Phi) is 5.36. The molecule has 0 N–H and O–H groups in total. The number of benzene rings is 6. The normalized spacial score (nSPS) is 13.1. The Hall–Kier alpha value is -5.41. The lowest BCUT2D eigenvalue weighted by molar-refractivity contribution is 0.693. The summed E-state index contributed by atoms with van der Waals surface area (Å²) in [6.45, 7) is 0. The van der Waals surface area contributed by atoms with Crippen LogP contribution in [0.5, 0.6) is 0 Å². The molecule has 1 aliphatic rings. The first kappa shape index (κ1) is 23.5. The van der Waals surface area contributed by atoms with Gasteiger partial charge in [-0.05, 0) is 44.7 Å². The van der Waals surface area contributed by atoms with Gasteiger partial charge in [-0.15, -0.1) is 0 Å². The van der Waals surface area contributed by atoms with Crippen LogP contribution in [-0.4, -0.2) is 15.0 Å². The van der Waals surface area contributed by atoms with Crippen LogP contribution in [0.3, 0.4) is 0 Å². The summed E-state index contributed by atoms with van der Waals surface area (Å²) in [5, 5.41) is 2.39. The molecule has 0 atom stereocenters. The Labute approximate surface area is 238 Å². The van der Waals surface area contributed by atoms with Gasteiger partial charge in [0.2, 0.25) is 0 Å². The molecule has 1 heterocycles. The third kappa shape index (κ3) is 3.63. The maximum Gasteiger partial charge on any atom is 0.163 e. The molecule has 192 valence electrons. The fourth-order valence-electron chi connectivity index (χ4n) is 6.31. The van der Waals surface area contributed by atoms with Crippen molar-refractivity contribution >= 4 is 10.8 Å². The molecule has 41 heavy (non-hydrogen) atoms. The van der Waals surface area contributed by atoms with Crippen LogP contribution in [0.2, 0.25) is 0 Å². The second kappa shape index (κ2) is 9.35. The molecule has 7 aromatic rings. The second-order valence-electron chi connectivity index (χ2n) is 10.4. The molecule has 3 heteroatoms. The summed E-state index contributed by atoms with van der Waals surface area (Å²) in [6.07, 6.45) is 0. The molecule has 0 unspecified atom stereocenters. The van der Waals surface area contributed by atoms with Crippen LogP contribution in [0.4, 0.5) is 0 Å². The van der Waals surface area contributed by atoms with Crippen molar-refractivity contribution in [3.05, 3.63) is 174 Å². The first-order chi connectivity index (χ1) is 20.3. The smallest absolute Gasteiger partial charge is 0.163 e. The van der Waals surface area contributed by atoms with E-state index in [1.165, 1.54) is 33.0 Å². The third-order valence-corrected chi connectivity index (χ3v) is 8.17. The predicted molar refractivity (Wildman–Crippen MR) is 166 cm³/mol. The topological polar surface area (TPSA) is 38.7 Å². The van der Waals surface area contributed by atoms with Crippen LogP contribution < -0.4 is 0 Å². The van der Waals surface area contributed by atoms with Crippen molar-refractivity contribution in [2.24, 2.45) is 0 Å². The lowest BCUT2D eigenvalue weighted by atomic mass is 9.71. The quantitative estimate of drug-likeness (QED) is 0.232. The Bertz CT molecular complexity index is 1950. The standard InChI is InChI=1S/C38H25N3/c1-3-14-27(15-4-1)35-39-36(28-16-5-2-6-17-28)41-37(40-35)38(30-24-23-26-13-7-8-18-29(26)25-30)33-21-11-9-19-31(33)32-20-10-12-22-34(32)38/h1-25H. The van der Waals surface area contributed by atoms with Crippen molar-refractivity contribution in [2.45, 2.75) is 5.41 Å². The predicted octanol–water partition coefficient (Wildman–Crippen LogP) is 8.72. The zero-order valence-corrected chi connectivity index (χ0v) is 22.3. The van der Waals surface area contributed by atoms with Gasteiger partial charge in [0.1, 0.15) is 5.41 Å². The maximum atomic E-state index is 5.32. The molecule has 3 nitrogen and oxygen atoms in total. The van der Waals surface area contributed by atoms with Crippen molar-refractivity contribution in [2.75, 3.05) is 0 Å². The van der Waals surface area contributed by atoms with Gasteiger partial charge in [-0.25, -0.2) is 15.0 Å². The van der Waals surface area contributed by atoms with E-state index >= 15 is 0 Å². The zero-order valence-electron chi connectivity index (χ0n) is 22.3.